The molecule has 1 aromatic rings. The highest BCUT2D eigenvalue weighted by atomic mass is 32.1. The molecule has 2 aliphatic carbocycles. The molecule has 4 heteroatoms. The summed E-state index contributed by atoms with van der Waals surface area (Å²) in [6, 6.07) is 0. The molecule has 1 N–H and O–H groups in total. The van der Waals surface area contributed by atoms with Gasteiger partial charge >= 0.3 is 5.97 Å². The van der Waals surface area contributed by atoms with Crippen LogP contribution in [0, 0.1) is 0 Å². The summed E-state index contributed by atoms with van der Waals surface area (Å²) >= 11 is 1.74. The van der Waals surface area contributed by atoms with E-state index in [9.17, 15) is 4.79 Å². The van der Waals surface area contributed by atoms with Crippen LogP contribution in [0.25, 0.3) is 0 Å². The lowest BCUT2D eigenvalue weighted by Gasteiger charge is -2.00. The highest BCUT2D eigenvalue weighted by Gasteiger charge is 2.35. The Balaban J connectivity index is 1.97. The van der Waals surface area contributed by atoms with Crippen LogP contribution in [0.2, 0.25) is 0 Å². The van der Waals surface area contributed by atoms with Gasteiger partial charge < -0.3 is 5.11 Å². The molecule has 1 atom stereocenters. The van der Waals surface area contributed by atoms with Crippen LogP contribution < -0.4 is 0 Å². The molecule has 14 heavy (non-hydrogen) atoms. The lowest BCUT2D eigenvalue weighted by atomic mass is 10.1. The van der Waals surface area contributed by atoms with E-state index < -0.39 is 5.97 Å². The molecular weight excluding hydrogens is 198 g/mol. The second-order valence-electron chi connectivity index (χ2n) is 4.06. The molecule has 3 rings (SSSR count). The fourth-order valence-electron chi connectivity index (χ4n) is 1.99. The first-order valence-corrected chi connectivity index (χ1v) is 5.79. The summed E-state index contributed by atoms with van der Waals surface area (Å²) in [7, 11) is 0. The third-order valence-electron chi connectivity index (χ3n) is 2.96. The Bertz CT molecular complexity index is 395. The van der Waals surface area contributed by atoms with Crippen molar-refractivity contribution in [1.82, 2.24) is 4.98 Å². The zero-order valence-corrected chi connectivity index (χ0v) is 8.51. The van der Waals surface area contributed by atoms with Gasteiger partial charge in [-0.25, -0.2) is 4.98 Å². The molecule has 0 amide bonds. The van der Waals surface area contributed by atoms with Crippen molar-refractivity contribution in [2.75, 3.05) is 0 Å². The number of aliphatic carboxylic acids is 1. The predicted molar refractivity (Wildman–Crippen MR) is 52.8 cm³/mol. The van der Waals surface area contributed by atoms with E-state index in [0.717, 1.165) is 18.5 Å². The molecule has 1 saturated carbocycles. The first-order chi connectivity index (χ1) is 6.75. The number of hydrogen-bond donors (Lipinski definition) is 1. The van der Waals surface area contributed by atoms with Crippen molar-refractivity contribution in [2.24, 2.45) is 0 Å². The lowest BCUT2D eigenvalue weighted by molar-refractivity contribution is -0.138. The van der Waals surface area contributed by atoms with Crippen molar-refractivity contribution in [3.63, 3.8) is 0 Å². The topological polar surface area (TPSA) is 50.2 Å². The van der Waals surface area contributed by atoms with Gasteiger partial charge in [-0.1, -0.05) is 0 Å². The summed E-state index contributed by atoms with van der Waals surface area (Å²) in [5.41, 5.74) is 0.865. The number of rotatable bonds is 2. The van der Waals surface area contributed by atoms with Gasteiger partial charge in [0.1, 0.15) is 5.92 Å². The molecule has 0 bridgehead atoms. The summed E-state index contributed by atoms with van der Waals surface area (Å²) in [5.74, 6) is -0.384. The molecule has 0 aliphatic heterocycles. The summed E-state index contributed by atoms with van der Waals surface area (Å²) in [4.78, 5) is 16.6. The van der Waals surface area contributed by atoms with Gasteiger partial charge in [-0.05, 0) is 25.7 Å². The van der Waals surface area contributed by atoms with Crippen LogP contribution in [0.4, 0.5) is 0 Å². The van der Waals surface area contributed by atoms with Crippen LogP contribution in [0.1, 0.15) is 46.7 Å². The van der Waals surface area contributed by atoms with Gasteiger partial charge in [0.25, 0.3) is 0 Å². The number of carboxylic acids is 1. The average Bonchev–Trinajstić information content (AvgIpc) is 2.76. The van der Waals surface area contributed by atoms with Gasteiger partial charge in [0.05, 0.1) is 10.7 Å². The minimum atomic E-state index is -0.712. The van der Waals surface area contributed by atoms with Crippen molar-refractivity contribution >= 4 is 17.3 Å². The van der Waals surface area contributed by atoms with E-state index in [1.807, 2.05) is 0 Å². The largest absolute Gasteiger partial charge is 0.481 e. The van der Waals surface area contributed by atoms with E-state index in [1.165, 1.54) is 22.7 Å². The summed E-state index contributed by atoms with van der Waals surface area (Å²) in [6.45, 7) is 0. The molecule has 0 radical (unpaired) electrons. The molecule has 3 nitrogen and oxygen atoms in total. The second-order valence-corrected chi connectivity index (χ2v) is 5.18. The van der Waals surface area contributed by atoms with Crippen molar-refractivity contribution in [2.45, 2.75) is 37.5 Å². The van der Waals surface area contributed by atoms with Gasteiger partial charge in [-0.15, -0.1) is 11.3 Å². The van der Waals surface area contributed by atoms with Gasteiger partial charge in [0, 0.05) is 10.8 Å². The van der Waals surface area contributed by atoms with Crippen LogP contribution in [-0.4, -0.2) is 16.1 Å². The average molecular weight is 209 g/mol. The molecule has 1 aromatic heterocycles. The van der Waals surface area contributed by atoms with Crippen molar-refractivity contribution in [1.29, 1.82) is 0 Å². The molecule has 0 aromatic carbocycles. The number of hydrogen-bond acceptors (Lipinski definition) is 3. The maximum Gasteiger partial charge on any atom is 0.312 e. The van der Waals surface area contributed by atoms with Gasteiger partial charge in [-0.3, -0.25) is 4.79 Å². The number of thiazole rings is 1. The lowest BCUT2D eigenvalue weighted by Crippen LogP contribution is -2.08. The summed E-state index contributed by atoms with van der Waals surface area (Å²) < 4.78 is 0. The molecule has 1 unspecified atom stereocenters. The molecule has 1 fully saturated rings. The van der Waals surface area contributed by atoms with E-state index in [2.05, 4.69) is 4.98 Å². The van der Waals surface area contributed by atoms with Crippen LogP contribution in [-0.2, 0) is 11.2 Å². The first-order valence-electron chi connectivity index (χ1n) is 4.98. The van der Waals surface area contributed by atoms with E-state index in [0.29, 0.717) is 5.92 Å². The Kier molecular flexibility index (Phi) is 1.68. The van der Waals surface area contributed by atoms with Gasteiger partial charge in [-0.2, -0.15) is 0 Å². The third-order valence-corrected chi connectivity index (χ3v) is 4.25. The van der Waals surface area contributed by atoms with E-state index in [1.54, 1.807) is 11.3 Å². The number of nitrogens with zero attached hydrogens (tertiary/aromatic N) is 1. The van der Waals surface area contributed by atoms with Crippen LogP contribution in [0.15, 0.2) is 0 Å². The van der Waals surface area contributed by atoms with Crippen molar-refractivity contribution in [3.8, 4) is 0 Å². The van der Waals surface area contributed by atoms with Gasteiger partial charge in [0.15, 0.2) is 0 Å². The minimum Gasteiger partial charge on any atom is -0.481 e. The molecule has 0 saturated heterocycles. The fraction of sp³-hybridized carbons (Fsp3) is 0.600. The Morgan fingerprint density at radius 3 is 2.86 bits per heavy atom. The minimum absolute atomic E-state index is 0.325. The maximum absolute atomic E-state index is 10.9. The Morgan fingerprint density at radius 1 is 1.43 bits per heavy atom. The number of carbonyl (C=O) groups is 1. The van der Waals surface area contributed by atoms with Crippen LogP contribution in [0.3, 0.4) is 0 Å². The highest BCUT2D eigenvalue weighted by Crippen LogP contribution is 2.46. The highest BCUT2D eigenvalue weighted by molar-refractivity contribution is 7.12. The Labute approximate surface area is 85.8 Å². The fourth-order valence-corrected chi connectivity index (χ4v) is 3.30. The Morgan fingerprint density at radius 2 is 2.21 bits per heavy atom. The molecule has 74 valence electrons. The molecular formula is C10H11NO2S. The number of carboxylic acid groups (broad SMARTS) is 1. The van der Waals surface area contributed by atoms with E-state index >= 15 is 0 Å². The monoisotopic (exact) mass is 209 g/mol. The second kappa shape index (κ2) is 2.79. The zero-order valence-electron chi connectivity index (χ0n) is 7.69. The van der Waals surface area contributed by atoms with E-state index in [-0.39, 0.29) is 5.92 Å². The smallest absolute Gasteiger partial charge is 0.312 e. The van der Waals surface area contributed by atoms with Crippen molar-refractivity contribution in [3.05, 3.63) is 15.6 Å². The molecule has 0 spiro atoms. The first kappa shape index (κ1) is 8.41. The molecule has 2 aliphatic rings. The number of aryl methyl sites for hydroxylation is 1. The zero-order chi connectivity index (χ0) is 9.71. The SMILES string of the molecule is O=C(O)C1CCc2sc(C3CC3)nc21. The normalized spacial score (nSPS) is 25.0. The summed E-state index contributed by atoms with van der Waals surface area (Å²) in [6.07, 6.45) is 4.14. The van der Waals surface area contributed by atoms with Crippen LogP contribution in [0.5, 0.6) is 0 Å². The summed E-state index contributed by atoms with van der Waals surface area (Å²) in [5, 5.41) is 10.2. The van der Waals surface area contributed by atoms with Gasteiger partial charge in [0.2, 0.25) is 0 Å². The third kappa shape index (κ3) is 1.17. The number of aromatic nitrogens is 1. The van der Waals surface area contributed by atoms with Crippen LogP contribution >= 0.6 is 11.3 Å². The van der Waals surface area contributed by atoms with Crippen molar-refractivity contribution < 1.29 is 9.90 Å². The van der Waals surface area contributed by atoms with E-state index in [4.69, 9.17) is 5.11 Å². The predicted octanol–water partition coefficient (Wildman–Crippen LogP) is 2.13. The Hall–Kier alpha value is -0.900. The quantitative estimate of drug-likeness (QED) is 0.811. The molecule has 1 heterocycles. The standard InChI is InChI=1S/C10H11NO2S/c12-10(13)6-3-4-7-8(6)11-9(14-7)5-1-2-5/h5-6H,1-4H2,(H,12,13). The maximum atomic E-state index is 10.9. The number of fused-ring (bicyclic) bond motifs is 1.